The lowest BCUT2D eigenvalue weighted by Gasteiger charge is -2.25. The van der Waals surface area contributed by atoms with Gasteiger partial charge < -0.3 is 9.30 Å². The zero-order valence-corrected chi connectivity index (χ0v) is 22.1. The van der Waals surface area contributed by atoms with Gasteiger partial charge in [0.25, 0.3) is 17.4 Å². The summed E-state index contributed by atoms with van der Waals surface area (Å²) in [5.74, 6) is 0.211. The number of hydrogen-bond donors (Lipinski definition) is 0. The van der Waals surface area contributed by atoms with Crippen LogP contribution in [-0.4, -0.2) is 38.9 Å². The third kappa shape index (κ3) is 3.89. The quantitative estimate of drug-likeness (QED) is 0.243. The van der Waals surface area contributed by atoms with Crippen LogP contribution in [0, 0.1) is 12.8 Å². The van der Waals surface area contributed by atoms with Crippen LogP contribution in [0.1, 0.15) is 46.7 Å². The van der Waals surface area contributed by atoms with E-state index in [1.807, 2.05) is 39.0 Å². The van der Waals surface area contributed by atoms with E-state index in [0.717, 1.165) is 20.8 Å². The lowest BCUT2D eigenvalue weighted by Crippen LogP contribution is -2.39. The summed E-state index contributed by atoms with van der Waals surface area (Å²) in [6.45, 7) is 6.15. The maximum atomic E-state index is 13.0. The molecule has 0 aliphatic carbocycles. The highest BCUT2D eigenvalue weighted by Gasteiger charge is 2.38. The van der Waals surface area contributed by atoms with Crippen molar-refractivity contribution in [3.8, 4) is 5.75 Å². The van der Waals surface area contributed by atoms with Crippen molar-refractivity contribution in [1.29, 1.82) is 0 Å². The lowest BCUT2D eigenvalue weighted by atomic mass is 10.0. The van der Waals surface area contributed by atoms with E-state index in [0.29, 0.717) is 41.0 Å². The molecule has 0 radical (unpaired) electrons. The molecule has 2 aromatic carbocycles. The van der Waals surface area contributed by atoms with E-state index < -0.39 is 0 Å². The van der Waals surface area contributed by atoms with Crippen molar-refractivity contribution in [3.63, 3.8) is 0 Å². The number of halogens is 1. The van der Waals surface area contributed by atoms with Gasteiger partial charge in [0.15, 0.2) is 0 Å². The van der Waals surface area contributed by atoms with Crippen molar-refractivity contribution < 1.29 is 14.3 Å². The molecule has 0 spiro atoms. The highest BCUT2D eigenvalue weighted by atomic mass is 79.9. The summed E-state index contributed by atoms with van der Waals surface area (Å²) in [5.41, 5.74) is 2.29. The first-order chi connectivity index (χ1) is 17.2. The Morgan fingerprint density at radius 2 is 1.67 bits per heavy atom. The topological polar surface area (TPSA) is 81.5 Å². The molecule has 0 fully saturated rings. The second-order valence-corrected chi connectivity index (χ2v) is 10.4. The largest absolute Gasteiger partial charge is 0.492 e. The van der Waals surface area contributed by atoms with Gasteiger partial charge in [-0.15, -0.1) is 0 Å². The predicted octanol–water partition coefficient (Wildman–Crippen LogP) is 5.25. The predicted molar refractivity (Wildman–Crippen MR) is 143 cm³/mol. The maximum absolute atomic E-state index is 13.0. The molecule has 8 heteroatoms. The summed E-state index contributed by atoms with van der Waals surface area (Å²) >= 11 is 3.63. The molecule has 1 aliphatic rings. The van der Waals surface area contributed by atoms with Crippen molar-refractivity contribution in [3.05, 3.63) is 80.3 Å². The minimum atomic E-state index is -0.264. The molecule has 0 saturated heterocycles. The molecule has 2 amide bonds. The summed E-state index contributed by atoms with van der Waals surface area (Å²) in [4.78, 5) is 44.2. The number of ether oxygens (including phenoxy) is 1. The zero-order chi connectivity index (χ0) is 25.7. The number of rotatable bonds is 6. The number of amides is 2. The van der Waals surface area contributed by atoms with Crippen molar-refractivity contribution in [2.24, 2.45) is 13.0 Å². The van der Waals surface area contributed by atoms with E-state index >= 15 is 0 Å². The van der Waals surface area contributed by atoms with E-state index in [2.05, 4.69) is 20.9 Å². The van der Waals surface area contributed by atoms with Gasteiger partial charge in [0.1, 0.15) is 5.75 Å². The van der Waals surface area contributed by atoms with E-state index in [4.69, 9.17) is 4.74 Å². The molecule has 2 aromatic heterocycles. The van der Waals surface area contributed by atoms with Gasteiger partial charge in [-0.25, -0.2) is 0 Å². The normalized spacial score (nSPS) is 15.0. The Morgan fingerprint density at radius 3 is 2.33 bits per heavy atom. The Kier molecular flexibility index (Phi) is 6.16. The van der Waals surface area contributed by atoms with Crippen LogP contribution in [0.2, 0.25) is 0 Å². The molecular formula is C28H26BrN3O4. The minimum Gasteiger partial charge on any atom is -0.492 e. The second-order valence-electron chi connectivity index (χ2n) is 9.51. The zero-order valence-electron chi connectivity index (χ0n) is 20.5. The van der Waals surface area contributed by atoms with Gasteiger partial charge in [-0.2, -0.15) is 0 Å². The standard InChI is InChI=1S/C28H26BrN3O4/c1-15(11-16(2)32-26(33)19-7-5-6-8-20(19)27(32)34)14-36-24-13-23-21(12-22(24)29)18-9-10-30-17(3)25(18)28(35)31(23)4/h5-10,12-13,15-16H,11,14H2,1-4H3. The van der Waals surface area contributed by atoms with Crippen LogP contribution in [0.5, 0.6) is 5.75 Å². The van der Waals surface area contributed by atoms with Crippen LogP contribution in [0.3, 0.4) is 0 Å². The number of pyridine rings is 2. The Balaban J connectivity index is 1.35. The number of hydrogen-bond acceptors (Lipinski definition) is 5. The molecular weight excluding hydrogens is 522 g/mol. The molecule has 0 bridgehead atoms. The summed E-state index contributed by atoms with van der Waals surface area (Å²) in [7, 11) is 1.75. The number of aromatic nitrogens is 2. The maximum Gasteiger partial charge on any atom is 0.261 e. The van der Waals surface area contributed by atoms with Crippen molar-refractivity contribution in [2.45, 2.75) is 33.2 Å². The fourth-order valence-electron chi connectivity index (χ4n) is 5.08. The molecule has 0 saturated carbocycles. The highest BCUT2D eigenvalue weighted by Crippen LogP contribution is 2.34. The van der Waals surface area contributed by atoms with Crippen molar-refractivity contribution in [2.75, 3.05) is 6.61 Å². The number of carbonyl (C=O) groups is 2. The van der Waals surface area contributed by atoms with E-state index in [1.165, 1.54) is 4.90 Å². The summed E-state index contributed by atoms with van der Waals surface area (Å²) in [6.07, 6.45) is 2.32. The van der Waals surface area contributed by atoms with Crippen molar-refractivity contribution >= 4 is 49.4 Å². The number of nitrogens with zero attached hydrogens (tertiary/aromatic N) is 3. The van der Waals surface area contributed by atoms with Crippen LogP contribution in [0.4, 0.5) is 0 Å². The van der Waals surface area contributed by atoms with Gasteiger partial charge in [-0.05, 0) is 71.8 Å². The van der Waals surface area contributed by atoms with Crippen LogP contribution in [0.25, 0.3) is 21.7 Å². The van der Waals surface area contributed by atoms with Crippen LogP contribution in [0.15, 0.2) is 57.9 Å². The third-order valence-corrected chi connectivity index (χ3v) is 7.51. The van der Waals surface area contributed by atoms with Crippen LogP contribution in [-0.2, 0) is 7.05 Å². The van der Waals surface area contributed by atoms with E-state index in [1.54, 1.807) is 42.1 Å². The smallest absolute Gasteiger partial charge is 0.261 e. The number of imide groups is 1. The number of carbonyl (C=O) groups excluding carboxylic acids is 2. The highest BCUT2D eigenvalue weighted by molar-refractivity contribution is 9.10. The molecule has 2 unspecified atom stereocenters. The fourth-order valence-corrected chi connectivity index (χ4v) is 5.54. The molecule has 36 heavy (non-hydrogen) atoms. The molecule has 0 N–H and O–H groups in total. The average molecular weight is 548 g/mol. The molecule has 184 valence electrons. The minimum absolute atomic E-state index is 0.0704. The number of fused-ring (bicyclic) bond motifs is 4. The number of benzene rings is 2. The Hall–Kier alpha value is -3.52. The summed E-state index contributed by atoms with van der Waals surface area (Å²) in [5, 5.41) is 2.41. The molecule has 7 nitrogen and oxygen atoms in total. The van der Waals surface area contributed by atoms with Crippen molar-refractivity contribution in [1.82, 2.24) is 14.5 Å². The third-order valence-electron chi connectivity index (χ3n) is 6.89. The summed E-state index contributed by atoms with van der Waals surface area (Å²) in [6, 6.07) is 12.4. The Labute approximate surface area is 216 Å². The van der Waals surface area contributed by atoms with Gasteiger partial charge >= 0.3 is 0 Å². The van der Waals surface area contributed by atoms with Gasteiger partial charge in [-0.1, -0.05) is 19.1 Å². The first kappa shape index (κ1) is 24.2. The first-order valence-electron chi connectivity index (χ1n) is 11.9. The van der Waals surface area contributed by atoms with Crippen LogP contribution >= 0.6 is 15.9 Å². The molecule has 2 atom stereocenters. The van der Waals surface area contributed by atoms with E-state index in [9.17, 15) is 14.4 Å². The van der Waals surface area contributed by atoms with Crippen LogP contribution < -0.4 is 10.3 Å². The molecule has 1 aliphatic heterocycles. The molecule has 5 rings (SSSR count). The monoisotopic (exact) mass is 547 g/mol. The fraction of sp³-hybridized carbons (Fsp3) is 0.286. The van der Waals surface area contributed by atoms with E-state index in [-0.39, 0.29) is 29.3 Å². The van der Waals surface area contributed by atoms with Gasteiger partial charge in [0, 0.05) is 30.7 Å². The van der Waals surface area contributed by atoms with Gasteiger partial charge in [-0.3, -0.25) is 24.3 Å². The Bertz CT molecular complexity index is 1580. The molecule has 3 heterocycles. The number of aryl methyl sites for hydroxylation is 2. The average Bonchev–Trinajstić information content (AvgIpc) is 3.11. The lowest BCUT2D eigenvalue weighted by molar-refractivity contribution is 0.0570. The first-order valence-corrected chi connectivity index (χ1v) is 12.7. The van der Waals surface area contributed by atoms with Gasteiger partial charge in [0.2, 0.25) is 0 Å². The Morgan fingerprint density at radius 1 is 1.00 bits per heavy atom. The summed E-state index contributed by atoms with van der Waals surface area (Å²) < 4.78 is 8.56. The SMILES string of the molecule is Cc1nccc2c1c(=O)n(C)c1cc(OCC(C)CC(C)N3C(=O)c4ccccc4C3=O)c(Br)cc21. The van der Waals surface area contributed by atoms with Gasteiger partial charge in [0.05, 0.1) is 38.8 Å². The second kappa shape index (κ2) is 9.17. The molecule has 4 aromatic rings.